The lowest BCUT2D eigenvalue weighted by atomic mass is 10.0. The summed E-state index contributed by atoms with van der Waals surface area (Å²) in [5.74, 6) is 1.75. The second kappa shape index (κ2) is 6.85. The van der Waals surface area contributed by atoms with E-state index in [0.29, 0.717) is 24.0 Å². The molecule has 2 aromatic rings. The molecule has 1 aromatic carbocycles. The molecule has 4 nitrogen and oxygen atoms in total. The van der Waals surface area contributed by atoms with Gasteiger partial charge in [0.25, 0.3) is 5.91 Å². The number of ether oxygens (including phenoxy) is 2. The molecule has 0 fully saturated rings. The number of thiophene rings is 1. The van der Waals surface area contributed by atoms with Crippen LogP contribution < -0.4 is 14.8 Å². The van der Waals surface area contributed by atoms with E-state index in [1.807, 2.05) is 37.4 Å². The van der Waals surface area contributed by atoms with Crippen LogP contribution >= 0.6 is 11.3 Å². The van der Waals surface area contributed by atoms with Gasteiger partial charge in [-0.3, -0.25) is 4.79 Å². The van der Waals surface area contributed by atoms with Crippen LogP contribution in [0.15, 0.2) is 23.6 Å². The normalized spacial score (nSPS) is 16.0. The van der Waals surface area contributed by atoms with E-state index in [1.165, 1.54) is 11.3 Å². The largest absolute Gasteiger partial charge is 0.492 e. The molecule has 0 unspecified atom stereocenters. The number of amides is 1. The van der Waals surface area contributed by atoms with Crippen LogP contribution in [0.25, 0.3) is 0 Å². The topological polar surface area (TPSA) is 47.6 Å². The van der Waals surface area contributed by atoms with Gasteiger partial charge in [0, 0.05) is 18.1 Å². The van der Waals surface area contributed by atoms with Crippen LogP contribution in [0.5, 0.6) is 11.5 Å². The van der Waals surface area contributed by atoms with Gasteiger partial charge in [-0.15, -0.1) is 11.3 Å². The highest BCUT2D eigenvalue weighted by Crippen LogP contribution is 2.38. The Labute approximate surface area is 146 Å². The van der Waals surface area contributed by atoms with Crippen molar-refractivity contribution in [2.75, 3.05) is 11.9 Å². The van der Waals surface area contributed by atoms with Crippen LogP contribution in [0.2, 0.25) is 0 Å². The van der Waals surface area contributed by atoms with Gasteiger partial charge in [-0.05, 0) is 42.8 Å². The number of fused-ring (bicyclic) bond motifs is 1. The van der Waals surface area contributed by atoms with E-state index in [4.69, 9.17) is 9.47 Å². The first-order chi connectivity index (χ1) is 11.5. The SMILES string of the molecule is CCOc1cc2c(cc1NC(=O)c1sccc1C(C)C)O[C@H](C)C2. The fraction of sp³-hybridized carbons (Fsp3) is 0.421. The van der Waals surface area contributed by atoms with Gasteiger partial charge in [-0.2, -0.15) is 0 Å². The van der Waals surface area contributed by atoms with Crippen LogP contribution in [-0.2, 0) is 6.42 Å². The fourth-order valence-electron chi connectivity index (χ4n) is 2.95. The third-order valence-corrected chi connectivity index (χ3v) is 5.00. The van der Waals surface area contributed by atoms with Crippen molar-refractivity contribution >= 4 is 22.9 Å². The zero-order valence-corrected chi connectivity index (χ0v) is 15.3. The van der Waals surface area contributed by atoms with Gasteiger partial charge in [0.05, 0.1) is 17.2 Å². The minimum absolute atomic E-state index is 0.0966. The van der Waals surface area contributed by atoms with Crippen molar-refractivity contribution < 1.29 is 14.3 Å². The molecule has 0 bridgehead atoms. The van der Waals surface area contributed by atoms with Crippen molar-refractivity contribution in [1.29, 1.82) is 0 Å². The average molecular weight is 345 g/mol. The van der Waals surface area contributed by atoms with Gasteiger partial charge in [0.15, 0.2) is 0 Å². The zero-order chi connectivity index (χ0) is 17.3. The van der Waals surface area contributed by atoms with E-state index in [9.17, 15) is 4.79 Å². The van der Waals surface area contributed by atoms with E-state index < -0.39 is 0 Å². The number of nitrogens with one attached hydrogen (secondary N) is 1. The van der Waals surface area contributed by atoms with Crippen molar-refractivity contribution in [2.24, 2.45) is 0 Å². The van der Waals surface area contributed by atoms with Gasteiger partial charge in [-0.1, -0.05) is 13.8 Å². The molecule has 1 aliphatic rings. The standard InChI is InChI=1S/C19H23NO3S/c1-5-22-17-9-13-8-12(4)23-16(13)10-15(17)20-19(21)18-14(11(2)3)6-7-24-18/h6-7,9-12H,5,8H2,1-4H3,(H,20,21)/t12-/m1/s1. The number of hydrogen-bond donors (Lipinski definition) is 1. The number of rotatable bonds is 5. The second-order valence-electron chi connectivity index (χ2n) is 6.34. The van der Waals surface area contributed by atoms with Gasteiger partial charge in [0.2, 0.25) is 0 Å². The van der Waals surface area contributed by atoms with Gasteiger partial charge < -0.3 is 14.8 Å². The van der Waals surface area contributed by atoms with Crippen LogP contribution in [0, 0.1) is 0 Å². The average Bonchev–Trinajstić information content (AvgIpc) is 3.13. The van der Waals surface area contributed by atoms with E-state index >= 15 is 0 Å². The molecule has 0 saturated heterocycles. The Morgan fingerprint density at radius 2 is 2.25 bits per heavy atom. The molecule has 0 saturated carbocycles. The molecular formula is C19H23NO3S. The van der Waals surface area contributed by atoms with Crippen molar-refractivity contribution in [1.82, 2.24) is 0 Å². The number of benzene rings is 1. The Balaban J connectivity index is 1.90. The summed E-state index contributed by atoms with van der Waals surface area (Å²) in [4.78, 5) is 13.5. The molecule has 128 valence electrons. The molecule has 0 radical (unpaired) electrons. The molecule has 1 aromatic heterocycles. The predicted octanol–water partition coefficient (Wildman–Crippen LogP) is 4.85. The summed E-state index contributed by atoms with van der Waals surface area (Å²) < 4.78 is 11.5. The Morgan fingerprint density at radius 1 is 1.46 bits per heavy atom. The molecule has 0 aliphatic carbocycles. The smallest absolute Gasteiger partial charge is 0.266 e. The summed E-state index contributed by atoms with van der Waals surface area (Å²) in [7, 11) is 0. The predicted molar refractivity (Wildman–Crippen MR) is 97.8 cm³/mol. The van der Waals surface area contributed by atoms with Gasteiger partial charge in [-0.25, -0.2) is 0 Å². The third kappa shape index (κ3) is 3.26. The summed E-state index contributed by atoms with van der Waals surface area (Å²) in [6.07, 6.45) is 1.02. The van der Waals surface area contributed by atoms with Crippen LogP contribution in [0.1, 0.15) is 54.4 Å². The maximum absolute atomic E-state index is 12.7. The Kier molecular flexibility index (Phi) is 4.81. The summed E-state index contributed by atoms with van der Waals surface area (Å²) in [5, 5.41) is 4.96. The maximum Gasteiger partial charge on any atom is 0.266 e. The van der Waals surface area contributed by atoms with E-state index in [0.717, 1.165) is 28.2 Å². The summed E-state index contributed by atoms with van der Waals surface area (Å²) >= 11 is 1.47. The van der Waals surface area contributed by atoms with Crippen LogP contribution in [0.4, 0.5) is 5.69 Å². The van der Waals surface area contributed by atoms with Gasteiger partial charge >= 0.3 is 0 Å². The summed E-state index contributed by atoms with van der Waals surface area (Å²) in [6.45, 7) is 8.71. The lowest BCUT2D eigenvalue weighted by molar-refractivity contribution is 0.102. The molecule has 2 heterocycles. The molecule has 24 heavy (non-hydrogen) atoms. The van der Waals surface area contributed by atoms with E-state index in [1.54, 1.807) is 0 Å². The highest BCUT2D eigenvalue weighted by atomic mass is 32.1. The highest BCUT2D eigenvalue weighted by molar-refractivity contribution is 7.12. The van der Waals surface area contributed by atoms with Crippen LogP contribution in [0.3, 0.4) is 0 Å². The Bertz CT molecular complexity index is 751. The molecular weight excluding hydrogens is 322 g/mol. The number of hydrogen-bond acceptors (Lipinski definition) is 4. The Hall–Kier alpha value is -2.01. The second-order valence-corrected chi connectivity index (χ2v) is 7.25. The van der Waals surface area contributed by atoms with Crippen molar-refractivity contribution in [3.05, 3.63) is 39.6 Å². The first-order valence-corrected chi connectivity index (χ1v) is 9.22. The van der Waals surface area contributed by atoms with Crippen molar-refractivity contribution in [3.63, 3.8) is 0 Å². The molecule has 1 amide bonds. The van der Waals surface area contributed by atoms with Crippen LogP contribution in [-0.4, -0.2) is 18.6 Å². The quantitative estimate of drug-likeness (QED) is 0.843. The lowest BCUT2D eigenvalue weighted by Gasteiger charge is -2.14. The fourth-order valence-corrected chi connectivity index (χ4v) is 3.90. The molecule has 1 aliphatic heterocycles. The molecule has 0 spiro atoms. The number of carbonyl (C=O) groups excluding carboxylic acids is 1. The highest BCUT2D eigenvalue weighted by Gasteiger charge is 2.23. The monoisotopic (exact) mass is 345 g/mol. The van der Waals surface area contributed by atoms with Gasteiger partial charge in [0.1, 0.15) is 17.6 Å². The number of anilines is 1. The summed E-state index contributed by atoms with van der Waals surface area (Å²) in [6, 6.07) is 5.88. The zero-order valence-electron chi connectivity index (χ0n) is 14.5. The molecule has 1 atom stereocenters. The third-order valence-electron chi connectivity index (χ3n) is 4.07. The minimum Gasteiger partial charge on any atom is -0.492 e. The molecule has 5 heteroatoms. The number of carbonyl (C=O) groups is 1. The van der Waals surface area contributed by atoms with E-state index in [2.05, 4.69) is 19.2 Å². The lowest BCUT2D eigenvalue weighted by Crippen LogP contribution is -2.14. The molecule has 3 rings (SSSR count). The molecule has 1 N–H and O–H groups in total. The van der Waals surface area contributed by atoms with E-state index in [-0.39, 0.29) is 12.0 Å². The first kappa shape index (κ1) is 16.8. The Morgan fingerprint density at radius 3 is 2.96 bits per heavy atom. The minimum atomic E-state index is -0.0966. The maximum atomic E-state index is 12.7. The first-order valence-electron chi connectivity index (χ1n) is 8.34. The van der Waals surface area contributed by atoms with Crippen molar-refractivity contribution in [3.8, 4) is 11.5 Å². The van der Waals surface area contributed by atoms with Crippen molar-refractivity contribution in [2.45, 2.75) is 46.1 Å². The summed E-state index contributed by atoms with van der Waals surface area (Å²) in [5.41, 5.74) is 2.86.